The van der Waals surface area contributed by atoms with E-state index in [1.165, 1.54) is 6.08 Å². The van der Waals surface area contributed by atoms with Gasteiger partial charge in [0.05, 0.1) is 5.75 Å². The molecule has 0 amide bonds. The number of benzene rings is 2. The van der Waals surface area contributed by atoms with Crippen molar-refractivity contribution in [2.45, 2.75) is 6.42 Å². The van der Waals surface area contributed by atoms with Gasteiger partial charge in [-0.3, -0.25) is 0 Å². The zero-order valence-electron chi connectivity index (χ0n) is 15.3. The first-order chi connectivity index (χ1) is 13.9. The monoisotopic (exact) mass is 428 g/mol. The van der Waals surface area contributed by atoms with E-state index in [2.05, 4.69) is 4.40 Å². The molecule has 148 valence electrons. The summed E-state index contributed by atoms with van der Waals surface area (Å²) >= 11 is 6.14. The number of amidine groups is 1. The maximum atomic E-state index is 12.9. The van der Waals surface area contributed by atoms with E-state index in [0.717, 1.165) is 11.1 Å². The smallest absolute Gasteiger partial charge is 0.347 e. The largest absolute Gasteiger partial charge is 0.423 e. The van der Waals surface area contributed by atoms with Crippen LogP contribution < -0.4 is 4.74 Å². The van der Waals surface area contributed by atoms with Crippen molar-refractivity contribution in [3.63, 3.8) is 0 Å². The van der Waals surface area contributed by atoms with Crippen LogP contribution in [0.25, 0.3) is 0 Å². The standard InChI is InChI=1S/C21H17ClN2O4S/c22-17-8-9-19(16(14-17)13-15-5-2-1-3-6-15)28-21(25)18-7-4-10-24-11-12-29(26,27)23-20(18)24/h1-10,14H,11-13H2. The summed E-state index contributed by atoms with van der Waals surface area (Å²) in [4.78, 5) is 14.5. The molecule has 2 aliphatic rings. The zero-order valence-corrected chi connectivity index (χ0v) is 16.9. The van der Waals surface area contributed by atoms with Gasteiger partial charge < -0.3 is 9.64 Å². The lowest BCUT2D eigenvalue weighted by Crippen LogP contribution is -2.40. The summed E-state index contributed by atoms with van der Waals surface area (Å²) in [7, 11) is -3.60. The minimum Gasteiger partial charge on any atom is -0.423 e. The van der Waals surface area contributed by atoms with E-state index in [0.29, 0.717) is 17.2 Å². The van der Waals surface area contributed by atoms with Crippen molar-refractivity contribution in [1.29, 1.82) is 0 Å². The first kappa shape index (κ1) is 19.4. The summed E-state index contributed by atoms with van der Waals surface area (Å²) in [6, 6.07) is 14.8. The summed E-state index contributed by atoms with van der Waals surface area (Å²) in [6.07, 6.45) is 5.39. The van der Waals surface area contributed by atoms with Crippen LogP contribution in [0.4, 0.5) is 0 Å². The number of allylic oxidation sites excluding steroid dienone is 2. The summed E-state index contributed by atoms with van der Waals surface area (Å²) in [5, 5.41) is 0.532. The van der Waals surface area contributed by atoms with Gasteiger partial charge in [0.2, 0.25) is 0 Å². The number of esters is 1. The Morgan fingerprint density at radius 3 is 2.76 bits per heavy atom. The molecule has 2 heterocycles. The van der Waals surface area contributed by atoms with Gasteiger partial charge in [-0.15, -0.1) is 4.40 Å². The number of halogens is 1. The Hall–Kier alpha value is -2.90. The van der Waals surface area contributed by atoms with Crippen LogP contribution in [0, 0.1) is 0 Å². The van der Waals surface area contributed by atoms with Crippen LogP contribution in [0.1, 0.15) is 11.1 Å². The number of ether oxygens (including phenoxy) is 1. The molecular weight excluding hydrogens is 412 g/mol. The van der Waals surface area contributed by atoms with Crippen molar-refractivity contribution >= 4 is 33.4 Å². The van der Waals surface area contributed by atoms with E-state index in [9.17, 15) is 13.2 Å². The Labute approximate surface area is 173 Å². The maximum Gasteiger partial charge on any atom is 0.347 e. The van der Waals surface area contributed by atoms with Crippen LogP contribution in [-0.2, 0) is 21.2 Å². The average Bonchev–Trinajstić information content (AvgIpc) is 2.69. The lowest BCUT2D eigenvalue weighted by atomic mass is 10.0. The second-order valence-electron chi connectivity index (χ2n) is 6.62. The molecule has 6 nitrogen and oxygen atoms in total. The van der Waals surface area contributed by atoms with Crippen LogP contribution in [0.15, 0.2) is 76.9 Å². The molecule has 8 heteroatoms. The third-order valence-electron chi connectivity index (χ3n) is 4.54. The van der Waals surface area contributed by atoms with Crippen LogP contribution in [-0.4, -0.2) is 37.4 Å². The molecule has 0 saturated carbocycles. The molecule has 0 saturated heterocycles. The fourth-order valence-electron chi connectivity index (χ4n) is 3.13. The van der Waals surface area contributed by atoms with E-state index in [1.54, 1.807) is 35.4 Å². The van der Waals surface area contributed by atoms with Crippen molar-refractivity contribution in [1.82, 2.24) is 4.90 Å². The summed E-state index contributed by atoms with van der Waals surface area (Å²) < 4.78 is 33.2. The Balaban J connectivity index is 1.63. The zero-order chi connectivity index (χ0) is 20.4. The molecule has 2 aliphatic heterocycles. The number of carbonyl (C=O) groups is 1. The van der Waals surface area contributed by atoms with Gasteiger partial charge in [-0.05, 0) is 35.9 Å². The van der Waals surface area contributed by atoms with Gasteiger partial charge in [0, 0.05) is 29.8 Å². The van der Waals surface area contributed by atoms with E-state index in [-0.39, 0.29) is 23.7 Å². The molecule has 2 aromatic rings. The van der Waals surface area contributed by atoms with Crippen molar-refractivity contribution < 1.29 is 17.9 Å². The molecule has 0 atom stereocenters. The van der Waals surface area contributed by atoms with Crippen molar-refractivity contribution in [2.24, 2.45) is 4.40 Å². The molecule has 0 bridgehead atoms. The predicted octanol–water partition coefficient (Wildman–Crippen LogP) is 3.33. The summed E-state index contributed by atoms with van der Waals surface area (Å²) in [5.74, 6) is -0.319. The highest BCUT2D eigenvalue weighted by molar-refractivity contribution is 7.90. The van der Waals surface area contributed by atoms with E-state index in [1.807, 2.05) is 30.3 Å². The minimum atomic E-state index is -3.60. The third kappa shape index (κ3) is 4.41. The Morgan fingerprint density at radius 2 is 1.97 bits per heavy atom. The molecule has 29 heavy (non-hydrogen) atoms. The van der Waals surface area contributed by atoms with Gasteiger partial charge in [-0.2, -0.15) is 0 Å². The van der Waals surface area contributed by atoms with Gasteiger partial charge in [0.15, 0.2) is 5.84 Å². The third-order valence-corrected chi connectivity index (χ3v) is 5.92. The quantitative estimate of drug-likeness (QED) is 0.551. The van der Waals surface area contributed by atoms with E-state index >= 15 is 0 Å². The lowest BCUT2D eigenvalue weighted by molar-refractivity contribution is -0.129. The lowest BCUT2D eigenvalue weighted by Gasteiger charge is -2.28. The highest BCUT2D eigenvalue weighted by Crippen LogP contribution is 2.27. The highest BCUT2D eigenvalue weighted by Gasteiger charge is 2.31. The number of hydrogen-bond acceptors (Lipinski definition) is 5. The number of rotatable bonds is 4. The Bertz CT molecular complexity index is 1150. The molecule has 0 aliphatic carbocycles. The van der Waals surface area contributed by atoms with Gasteiger partial charge in [-0.1, -0.05) is 41.9 Å². The molecule has 0 aromatic heterocycles. The summed E-state index contributed by atoms with van der Waals surface area (Å²) in [6.45, 7) is 0.239. The van der Waals surface area contributed by atoms with Gasteiger partial charge in [-0.25, -0.2) is 13.2 Å². The molecule has 0 unspecified atom stereocenters. The first-order valence-corrected chi connectivity index (χ1v) is 10.9. The van der Waals surface area contributed by atoms with Gasteiger partial charge in [0.25, 0.3) is 10.0 Å². The number of carbonyl (C=O) groups excluding carboxylic acids is 1. The number of hydrogen-bond donors (Lipinski definition) is 0. The summed E-state index contributed by atoms with van der Waals surface area (Å²) in [5.41, 5.74) is 1.89. The predicted molar refractivity (Wildman–Crippen MR) is 111 cm³/mol. The normalized spacial score (nSPS) is 17.2. The fraction of sp³-hybridized carbons (Fsp3) is 0.143. The minimum absolute atomic E-state index is 0.0855. The van der Waals surface area contributed by atoms with Crippen LogP contribution in [0.5, 0.6) is 5.75 Å². The second kappa shape index (κ2) is 7.85. The average molecular weight is 429 g/mol. The van der Waals surface area contributed by atoms with Crippen molar-refractivity contribution in [2.75, 3.05) is 12.3 Å². The molecule has 0 radical (unpaired) electrons. The number of nitrogens with zero attached hydrogens (tertiary/aromatic N) is 2. The molecular formula is C21H17ClN2O4S. The SMILES string of the molecule is O=C(Oc1ccc(Cl)cc1Cc1ccccc1)C1=CC=CN2CCS(=O)(=O)N=C12. The maximum absolute atomic E-state index is 12.9. The first-order valence-electron chi connectivity index (χ1n) is 8.94. The molecule has 0 N–H and O–H groups in total. The number of sulfonamides is 1. The van der Waals surface area contributed by atoms with Crippen molar-refractivity contribution in [3.05, 3.63) is 88.6 Å². The molecule has 4 rings (SSSR count). The van der Waals surface area contributed by atoms with Crippen molar-refractivity contribution in [3.8, 4) is 5.75 Å². The topological polar surface area (TPSA) is 76.0 Å². The van der Waals surface area contributed by atoms with Gasteiger partial charge in [0.1, 0.15) is 11.3 Å². The van der Waals surface area contributed by atoms with Gasteiger partial charge >= 0.3 is 5.97 Å². The Kier molecular flexibility index (Phi) is 5.25. The van der Waals surface area contributed by atoms with Crippen LogP contribution in [0.2, 0.25) is 5.02 Å². The van der Waals surface area contributed by atoms with E-state index < -0.39 is 16.0 Å². The van der Waals surface area contributed by atoms with E-state index in [4.69, 9.17) is 16.3 Å². The second-order valence-corrected chi connectivity index (χ2v) is 8.81. The highest BCUT2D eigenvalue weighted by atomic mass is 35.5. The molecule has 0 spiro atoms. The fourth-order valence-corrected chi connectivity index (χ4v) is 4.31. The Morgan fingerprint density at radius 1 is 1.17 bits per heavy atom. The number of fused-ring (bicyclic) bond motifs is 1. The van der Waals surface area contributed by atoms with Crippen LogP contribution >= 0.6 is 11.6 Å². The molecule has 0 fully saturated rings. The van der Waals surface area contributed by atoms with Crippen LogP contribution in [0.3, 0.4) is 0 Å². The molecule has 2 aromatic carbocycles.